The number of oxime groups is 1. The summed E-state index contributed by atoms with van der Waals surface area (Å²) in [6, 6.07) is 5.82. The Kier molecular flexibility index (Phi) is 4.77. The van der Waals surface area contributed by atoms with E-state index in [2.05, 4.69) is 10.5 Å². The predicted octanol–water partition coefficient (Wildman–Crippen LogP) is 2.42. The lowest BCUT2D eigenvalue weighted by Gasteiger charge is -2.23. The number of benzene rings is 1. The van der Waals surface area contributed by atoms with E-state index >= 15 is 0 Å². The Balaban J connectivity index is 1.94. The van der Waals surface area contributed by atoms with Gasteiger partial charge in [0.15, 0.2) is 11.5 Å². The number of nitrogens with two attached hydrogens (primary N) is 1. The van der Waals surface area contributed by atoms with Crippen LogP contribution >= 0.6 is 0 Å². The fraction of sp³-hybridized carbons (Fsp3) is 0.533. The highest BCUT2D eigenvalue weighted by atomic mass is 16.5. The maximum absolute atomic E-state index is 8.76. The van der Waals surface area contributed by atoms with Crippen molar-refractivity contribution in [3.8, 4) is 11.5 Å². The lowest BCUT2D eigenvalue weighted by Crippen LogP contribution is -2.33. The van der Waals surface area contributed by atoms with Crippen molar-refractivity contribution < 1.29 is 14.7 Å². The molecule has 0 spiro atoms. The molecule has 4 N–H and O–H groups in total. The van der Waals surface area contributed by atoms with Crippen molar-refractivity contribution in [3.05, 3.63) is 18.2 Å². The molecule has 0 saturated carbocycles. The molecule has 1 aromatic carbocycles. The van der Waals surface area contributed by atoms with Crippen LogP contribution in [0.1, 0.15) is 26.7 Å². The zero-order chi connectivity index (χ0) is 15.3. The van der Waals surface area contributed by atoms with E-state index < -0.39 is 0 Å². The third-order valence-corrected chi connectivity index (χ3v) is 3.63. The number of rotatable bonds is 5. The minimum Gasteiger partial charge on any atom is -0.490 e. The molecule has 1 heterocycles. The van der Waals surface area contributed by atoms with Crippen molar-refractivity contribution in [1.82, 2.24) is 0 Å². The molecular formula is C15H23N3O3. The summed E-state index contributed by atoms with van der Waals surface area (Å²) in [7, 11) is 0. The Morgan fingerprint density at radius 1 is 1.33 bits per heavy atom. The normalized spacial score (nSPS) is 15.4. The second-order valence-electron chi connectivity index (χ2n) is 5.76. The molecule has 116 valence electrons. The molecule has 0 fully saturated rings. The van der Waals surface area contributed by atoms with Gasteiger partial charge in [-0.1, -0.05) is 19.0 Å². The van der Waals surface area contributed by atoms with Crippen molar-refractivity contribution in [2.24, 2.45) is 16.3 Å². The smallest absolute Gasteiger partial charge is 0.163 e. The first kappa shape index (κ1) is 15.3. The Morgan fingerprint density at radius 3 is 2.76 bits per heavy atom. The summed E-state index contributed by atoms with van der Waals surface area (Å²) >= 11 is 0. The summed E-state index contributed by atoms with van der Waals surface area (Å²) in [4.78, 5) is 0. The lowest BCUT2D eigenvalue weighted by atomic mass is 9.88. The number of hydrogen-bond donors (Lipinski definition) is 3. The van der Waals surface area contributed by atoms with Crippen molar-refractivity contribution >= 4 is 11.5 Å². The topological polar surface area (TPSA) is 89.1 Å². The van der Waals surface area contributed by atoms with E-state index in [9.17, 15) is 0 Å². The molecule has 1 aliphatic rings. The van der Waals surface area contributed by atoms with E-state index in [0.717, 1.165) is 30.0 Å². The molecule has 0 aromatic heterocycles. The summed E-state index contributed by atoms with van der Waals surface area (Å²) < 4.78 is 11.3. The van der Waals surface area contributed by atoms with Crippen molar-refractivity contribution in [3.63, 3.8) is 0 Å². The standard InChI is InChI=1S/C15H23N3O3/c1-15(2,14(16)18-19)6-7-17-11-4-5-12-13(10-11)21-9-3-8-20-12/h4-5,10,17,19H,3,6-9H2,1-2H3,(H2,16,18). The molecule has 21 heavy (non-hydrogen) atoms. The van der Waals surface area contributed by atoms with Gasteiger partial charge in [-0.05, 0) is 18.6 Å². The van der Waals surface area contributed by atoms with Gasteiger partial charge < -0.3 is 25.7 Å². The summed E-state index contributed by atoms with van der Waals surface area (Å²) in [5.41, 5.74) is 6.29. The fourth-order valence-electron chi connectivity index (χ4n) is 2.06. The molecule has 0 bridgehead atoms. The summed E-state index contributed by atoms with van der Waals surface area (Å²) in [5, 5.41) is 15.2. The van der Waals surface area contributed by atoms with Crippen LogP contribution in [0.15, 0.2) is 23.4 Å². The summed E-state index contributed by atoms with van der Waals surface area (Å²) in [5.74, 6) is 1.80. The molecule has 0 amide bonds. The molecule has 1 aliphatic heterocycles. The van der Waals surface area contributed by atoms with Crippen molar-refractivity contribution in [2.75, 3.05) is 25.1 Å². The summed E-state index contributed by atoms with van der Waals surface area (Å²) in [6.07, 6.45) is 1.64. The lowest BCUT2D eigenvalue weighted by molar-refractivity contribution is 0.297. The third kappa shape index (κ3) is 3.93. The maximum atomic E-state index is 8.76. The number of amidine groups is 1. The highest BCUT2D eigenvalue weighted by molar-refractivity contribution is 5.85. The minimum absolute atomic E-state index is 0.239. The first-order valence-corrected chi connectivity index (χ1v) is 7.14. The van der Waals surface area contributed by atoms with Crippen LogP contribution in [0.3, 0.4) is 0 Å². The zero-order valence-electron chi connectivity index (χ0n) is 12.6. The third-order valence-electron chi connectivity index (χ3n) is 3.63. The molecule has 6 nitrogen and oxygen atoms in total. The molecule has 0 saturated heterocycles. The molecule has 6 heteroatoms. The largest absolute Gasteiger partial charge is 0.490 e. The molecule has 1 aromatic rings. The monoisotopic (exact) mass is 293 g/mol. The Labute approximate surface area is 124 Å². The number of nitrogens with one attached hydrogen (secondary N) is 1. The van der Waals surface area contributed by atoms with Crippen LogP contribution in [0.2, 0.25) is 0 Å². The van der Waals surface area contributed by atoms with Gasteiger partial charge in [-0.15, -0.1) is 0 Å². The van der Waals surface area contributed by atoms with Crippen LogP contribution in [0.25, 0.3) is 0 Å². The molecule has 0 aliphatic carbocycles. The average Bonchev–Trinajstić information content (AvgIpc) is 2.70. The van der Waals surface area contributed by atoms with Gasteiger partial charge >= 0.3 is 0 Å². The van der Waals surface area contributed by atoms with E-state index in [-0.39, 0.29) is 11.3 Å². The molecular weight excluding hydrogens is 270 g/mol. The van der Waals surface area contributed by atoms with Gasteiger partial charge in [0.25, 0.3) is 0 Å². The second kappa shape index (κ2) is 6.56. The summed E-state index contributed by atoms with van der Waals surface area (Å²) in [6.45, 7) is 5.96. The highest BCUT2D eigenvalue weighted by Crippen LogP contribution is 2.32. The number of hydrogen-bond acceptors (Lipinski definition) is 5. The van der Waals surface area contributed by atoms with Crippen LogP contribution in [-0.2, 0) is 0 Å². The van der Waals surface area contributed by atoms with Gasteiger partial charge in [-0.3, -0.25) is 0 Å². The second-order valence-corrected chi connectivity index (χ2v) is 5.76. The average molecular weight is 293 g/mol. The van der Waals surface area contributed by atoms with Gasteiger partial charge in [0, 0.05) is 30.1 Å². The number of anilines is 1. The SMILES string of the molecule is CC(C)(CCNc1ccc2c(c1)OCCCO2)C(N)=NO. The first-order valence-electron chi connectivity index (χ1n) is 7.14. The van der Waals surface area contributed by atoms with Gasteiger partial charge in [0.2, 0.25) is 0 Å². The van der Waals surface area contributed by atoms with Crippen molar-refractivity contribution in [2.45, 2.75) is 26.7 Å². The van der Waals surface area contributed by atoms with Gasteiger partial charge in [-0.2, -0.15) is 0 Å². The number of fused-ring (bicyclic) bond motifs is 1. The van der Waals surface area contributed by atoms with Gasteiger partial charge in [-0.25, -0.2) is 0 Å². The van der Waals surface area contributed by atoms with Crippen LogP contribution in [-0.4, -0.2) is 30.8 Å². The number of nitrogens with zero attached hydrogens (tertiary/aromatic N) is 1. The fourth-order valence-corrected chi connectivity index (χ4v) is 2.06. The van der Waals surface area contributed by atoms with Crippen LogP contribution in [0.4, 0.5) is 5.69 Å². The highest BCUT2D eigenvalue weighted by Gasteiger charge is 2.23. The van der Waals surface area contributed by atoms with Gasteiger partial charge in [0.05, 0.1) is 13.2 Å². The Morgan fingerprint density at radius 2 is 2.05 bits per heavy atom. The Bertz CT molecular complexity index is 515. The molecule has 2 rings (SSSR count). The maximum Gasteiger partial charge on any atom is 0.163 e. The van der Waals surface area contributed by atoms with Crippen molar-refractivity contribution in [1.29, 1.82) is 0 Å². The predicted molar refractivity (Wildman–Crippen MR) is 82.3 cm³/mol. The van der Waals surface area contributed by atoms with E-state index in [1.807, 2.05) is 32.0 Å². The molecule has 0 atom stereocenters. The van der Waals surface area contributed by atoms with Crippen LogP contribution in [0, 0.1) is 5.41 Å². The Hall–Kier alpha value is -2.11. The zero-order valence-corrected chi connectivity index (χ0v) is 12.6. The van der Waals surface area contributed by atoms with E-state index in [0.29, 0.717) is 19.8 Å². The first-order chi connectivity index (χ1) is 10.0. The quantitative estimate of drug-likeness (QED) is 0.336. The number of ether oxygens (including phenoxy) is 2. The van der Waals surface area contributed by atoms with Crippen LogP contribution < -0.4 is 20.5 Å². The molecule has 0 unspecified atom stereocenters. The van der Waals surface area contributed by atoms with E-state index in [1.54, 1.807) is 0 Å². The van der Waals surface area contributed by atoms with Crippen LogP contribution in [0.5, 0.6) is 11.5 Å². The molecule has 0 radical (unpaired) electrons. The van der Waals surface area contributed by atoms with E-state index in [4.69, 9.17) is 20.4 Å². The van der Waals surface area contributed by atoms with E-state index in [1.165, 1.54) is 0 Å². The van der Waals surface area contributed by atoms with Gasteiger partial charge in [0.1, 0.15) is 5.84 Å². The minimum atomic E-state index is -0.354.